The maximum Gasteiger partial charge on any atom is -0.00266 e. The van der Waals surface area contributed by atoms with Crippen LogP contribution in [0.25, 0.3) is 33.4 Å². The fourth-order valence-corrected chi connectivity index (χ4v) is 3.80. The van der Waals surface area contributed by atoms with Crippen LogP contribution in [-0.4, -0.2) is 0 Å². The molecule has 0 N–H and O–H groups in total. The number of benzene rings is 4. The molecule has 0 unspecified atom stereocenters. The lowest BCUT2D eigenvalue weighted by molar-refractivity contribution is 0.591. The highest BCUT2D eigenvalue weighted by Gasteiger charge is 2.21. The molecule has 144 valence electrons. The van der Waals surface area contributed by atoms with Gasteiger partial charge in [0.05, 0.1) is 0 Å². The molecule has 0 spiro atoms. The number of hydrogen-bond donors (Lipinski definition) is 0. The summed E-state index contributed by atoms with van der Waals surface area (Å²) in [6, 6.07) is 35.2. The Labute approximate surface area is 174 Å². The van der Waals surface area contributed by atoms with Gasteiger partial charge < -0.3 is 0 Å². The van der Waals surface area contributed by atoms with Crippen molar-refractivity contribution < 1.29 is 0 Å². The molecule has 0 aliphatic carbocycles. The van der Waals surface area contributed by atoms with Crippen LogP contribution in [0.3, 0.4) is 0 Å². The first-order chi connectivity index (χ1) is 13.9. The molecule has 0 nitrogen and oxygen atoms in total. The Kier molecular flexibility index (Phi) is 5.11. The average molecular weight is 377 g/mol. The highest BCUT2D eigenvalue weighted by atomic mass is 14.2. The Hall–Kier alpha value is -3.12. The van der Waals surface area contributed by atoms with Crippen molar-refractivity contribution in [2.24, 2.45) is 0 Å². The zero-order valence-electron chi connectivity index (χ0n) is 17.7. The minimum atomic E-state index is 0.0683. The van der Waals surface area contributed by atoms with Crippen LogP contribution < -0.4 is 0 Å². The van der Waals surface area contributed by atoms with Gasteiger partial charge in [0.2, 0.25) is 0 Å². The van der Waals surface area contributed by atoms with Crippen LogP contribution in [0.4, 0.5) is 0 Å². The summed E-state index contributed by atoms with van der Waals surface area (Å²) in [7, 11) is 0. The largest absolute Gasteiger partial charge is 0.0622 e. The molecule has 0 saturated carbocycles. The van der Waals surface area contributed by atoms with Crippen LogP contribution >= 0.6 is 0 Å². The van der Waals surface area contributed by atoms with Gasteiger partial charge in [0.25, 0.3) is 0 Å². The van der Waals surface area contributed by atoms with E-state index in [9.17, 15) is 0 Å². The summed E-state index contributed by atoms with van der Waals surface area (Å²) < 4.78 is 0. The van der Waals surface area contributed by atoms with Crippen molar-refractivity contribution in [2.75, 3.05) is 0 Å². The Balaban J connectivity index is 2.11. The standard InChI is InChI=1S/C29H28/c1-21-15-17-24(18-16-21)28-26(22-11-7-5-8-12-22)19-25(29(2,3)4)20-27(28)23-13-9-6-10-14-23/h5-20H,1-4H3. The fourth-order valence-electron chi connectivity index (χ4n) is 3.80. The first-order valence-corrected chi connectivity index (χ1v) is 10.3. The van der Waals surface area contributed by atoms with Crippen molar-refractivity contribution in [3.05, 3.63) is 108 Å². The molecule has 29 heavy (non-hydrogen) atoms. The van der Waals surface area contributed by atoms with Crippen molar-refractivity contribution in [2.45, 2.75) is 33.1 Å². The van der Waals surface area contributed by atoms with E-state index in [2.05, 4.69) is 125 Å². The molecule has 4 aromatic carbocycles. The smallest absolute Gasteiger partial charge is 0.00266 e. The minimum Gasteiger partial charge on any atom is -0.0622 e. The summed E-state index contributed by atoms with van der Waals surface area (Å²) in [5.74, 6) is 0. The van der Waals surface area contributed by atoms with Crippen molar-refractivity contribution in [1.29, 1.82) is 0 Å². The van der Waals surface area contributed by atoms with E-state index in [4.69, 9.17) is 0 Å². The molecule has 0 bridgehead atoms. The summed E-state index contributed by atoms with van der Waals surface area (Å²) >= 11 is 0. The van der Waals surface area contributed by atoms with Crippen molar-refractivity contribution in [3.8, 4) is 33.4 Å². The number of hydrogen-bond acceptors (Lipinski definition) is 0. The zero-order valence-corrected chi connectivity index (χ0v) is 17.7. The first-order valence-electron chi connectivity index (χ1n) is 10.3. The molecular formula is C29H28. The second-order valence-corrected chi connectivity index (χ2v) is 8.79. The topological polar surface area (TPSA) is 0 Å². The maximum absolute atomic E-state index is 2.39. The van der Waals surface area contributed by atoms with Crippen LogP contribution in [0.2, 0.25) is 0 Å². The molecular weight excluding hydrogens is 348 g/mol. The van der Waals surface area contributed by atoms with Gasteiger partial charge in [-0.15, -0.1) is 0 Å². The zero-order chi connectivity index (χ0) is 20.4. The average Bonchev–Trinajstić information content (AvgIpc) is 2.74. The molecule has 0 aromatic heterocycles. The van der Waals surface area contributed by atoms with Gasteiger partial charge in [-0.25, -0.2) is 0 Å². The Bertz CT molecular complexity index is 1040. The SMILES string of the molecule is Cc1ccc(-c2c(-c3ccccc3)cc(C(C)(C)C)cc2-c2ccccc2)cc1. The van der Waals surface area contributed by atoms with Crippen LogP contribution in [0.15, 0.2) is 97.1 Å². The summed E-state index contributed by atoms with van der Waals surface area (Å²) in [5, 5.41) is 0. The predicted octanol–water partition coefficient (Wildman–Crippen LogP) is 8.29. The molecule has 0 radical (unpaired) electrons. The molecule has 0 saturated heterocycles. The Morgan fingerprint density at radius 2 is 0.966 bits per heavy atom. The predicted molar refractivity (Wildman–Crippen MR) is 126 cm³/mol. The van der Waals surface area contributed by atoms with Crippen LogP contribution in [0.5, 0.6) is 0 Å². The minimum absolute atomic E-state index is 0.0683. The van der Waals surface area contributed by atoms with E-state index in [0.29, 0.717) is 0 Å². The van der Waals surface area contributed by atoms with Gasteiger partial charge in [0.1, 0.15) is 0 Å². The maximum atomic E-state index is 2.39. The van der Waals surface area contributed by atoms with Crippen molar-refractivity contribution in [1.82, 2.24) is 0 Å². The molecule has 0 amide bonds. The Morgan fingerprint density at radius 3 is 1.38 bits per heavy atom. The number of aryl methyl sites for hydroxylation is 1. The third-order valence-corrected chi connectivity index (χ3v) is 5.51. The Morgan fingerprint density at radius 1 is 0.517 bits per heavy atom. The lowest BCUT2D eigenvalue weighted by Gasteiger charge is -2.25. The van der Waals surface area contributed by atoms with Gasteiger partial charge in [0.15, 0.2) is 0 Å². The normalized spacial score (nSPS) is 11.4. The second-order valence-electron chi connectivity index (χ2n) is 8.79. The van der Waals surface area contributed by atoms with Gasteiger partial charge >= 0.3 is 0 Å². The van der Waals surface area contributed by atoms with Crippen LogP contribution in [0, 0.1) is 6.92 Å². The second kappa shape index (κ2) is 7.72. The van der Waals surface area contributed by atoms with E-state index in [1.165, 1.54) is 44.5 Å². The molecule has 0 aliphatic heterocycles. The van der Waals surface area contributed by atoms with Crippen LogP contribution in [0.1, 0.15) is 31.9 Å². The highest BCUT2D eigenvalue weighted by Crippen LogP contribution is 2.43. The molecule has 0 heteroatoms. The van der Waals surface area contributed by atoms with Gasteiger partial charge in [-0.3, -0.25) is 0 Å². The highest BCUT2D eigenvalue weighted by molar-refractivity contribution is 5.95. The summed E-state index contributed by atoms with van der Waals surface area (Å²) in [6.07, 6.45) is 0. The molecule has 0 atom stereocenters. The molecule has 4 aromatic rings. The summed E-state index contributed by atoms with van der Waals surface area (Å²) in [4.78, 5) is 0. The summed E-state index contributed by atoms with van der Waals surface area (Å²) in [5.41, 5.74) is 10.4. The van der Waals surface area contributed by atoms with E-state index >= 15 is 0 Å². The lowest BCUT2D eigenvalue weighted by atomic mass is 9.79. The molecule has 0 aliphatic rings. The third kappa shape index (κ3) is 4.03. The fraction of sp³-hybridized carbons (Fsp3) is 0.172. The summed E-state index contributed by atoms with van der Waals surface area (Å²) in [6.45, 7) is 9.01. The van der Waals surface area contributed by atoms with Gasteiger partial charge in [-0.2, -0.15) is 0 Å². The van der Waals surface area contributed by atoms with E-state index in [1.54, 1.807) is 0 Å². The van der Waals surface area contributed by atoms with E-state index < -0.39 is 0 Å². The van der Waals surface area contributed by atoms with E-state index in [0.717, 1.165) is 0 Å². The quantitative estimate of drug-likeness (QED) is 0.337. The van der Waals surface area contributed by atoms with Crippen LogP contribution in [-0.2, 0) is 5.41 Å². The van der Waals surface area contributed by atoms with Gasteiger partial charge in [-0.05, 0) is 63.4 Å². The molecule has 0 fully saturated rings. The lowest BCUT2D eigenvalue weighted by Crippen LogP contribution is -2.12. The number of rotatable bonds is 3. The van der Waals surface area contributed by atoms with Crippen molar-refractivity contribution >= 4 is 0 Å². The van der Waals surface area contributed by atoms with E-state index in [1.807, 2.05) is 0 Å². The monoisotopic (exact) mass is 376 g/mol. The van der Waals surface area contributed by atoms with Gasteiger partial charge in [-0.1, -0.05) is 111 Å². The molecule has 0 heterocycles. The van der Waals surface area contributed by atoms with Crippen molar-refractivity contribution in [3.63, 3.8) is 0 Å². The molecule has 4 rings (SSSR count). The first kappa shape index (κ1) is 19.2. The third-order valence-electron chi connectivity index (χ3n) is 5.51. The van der Waals surface area contributed by atoms with E-state index in [-0.39, 0.29) is 5.41 Å². The van der Waals surface area contributed by atoms with Gasteiger partial charge in [0, 0.05) is 0 Å².